The molecule has 0 spiro atoms. The van der Waals surface area contributed by atoms with Gasteiger partial charge >= 0.3 is 5.97 Å². The Balaban J connectivity index is 3.32. The van der Waals surface area contributed by atoms with E-state index in [4.69, 9.17) is 9.94 Å². The van der Waals surface area contributed by atoms with Gasteiger partial charge in [-0.3, -0.25) is 4.79 Å². The van der Waals surface area contributed by atoms with Gasteiger partial charge in [0.1, 0.15) is 0 Å². The van der Waals surface area contributed by atoms with Crippen LogP contribution in [0.4, 0.5) is 0 Å². The summed E-state index contributed by atoms with van der Waals surface area (Å²) in [6.45, 7) is 2.53. The van der Waals surface area contributed by atoms with E-state index in [1.165, 1.54) is 24.3 Å². The fourth-order valence-electron chi connectivity index (χ4n) is 1.28. The van der Waals surface area contributed by atoms with E-state index < -0.39 is 0 Å². The summed E-state index contributed by atoms with van der Waals surface area (Å²) in [5.74, 6) is -0.206. The van der Waals surface area contributed by atoms with Crippen molar-refractivity contribution < 1.29 is 14.7 Å². The van der Waals surface area contributed by atoms with Crippen molar-refractivity contribution in [2.45, 2.75) is 45.4 Å². The molecule has 0 aromatic carbocycles. The molecular formula is C11H23NO3. The number of carbonyl (C=O) groups excluding carboxylic acids is 1. The van der Waals surface area contributed by atoms with Gasteiger partial charge in [-0.25, -0.2) is 0 Å². The maximum atomic E-state index is 11.2. The minimum absolute atomic E-state index is 0.000278. The summed E-state index contributed by atoms with van der Waals surface area (Å²) in [5.41, 5.74) is 0. The van der Waals surface area contributed by atoms with E-state index >= 15 is 0 Å². The van der Waals surface area contributed by atoms with Crippen molar-refractivity contribution in [3.63, 3.8) is 0 Å². The van der Waals surface area contributed by atoms with E-state index in [1.54, 1.807) is 7.05 Å². The second kappa shape index (κ2) is 9.93. The molecule has 0 aromatic rings. The first kappa shape index (κ1) is 14.4. The van der Waals surface area contributed by atoms with Gasteiger partial charge in [-0.1, -0.05) is 32.6 Å². The third-order valence-corrected chi connectivity index (χ3v) is 2.16. The topological polar surface area (TPSA) is 49.8 Å². The first-order valence-electron chi connectivity index (χ1n) is 5.73. The van der Waals surface area contributed by atoms with Gasteiger partial charge in [-0.05, 0) is 6.42 Å². The first-order valence-corrected chi connectivity index (χ1v) is 5.73. The minimum atomic E-state index is -0.206. The highest BCUT2D eigenvalue weighted by atomic mass is 16.7. The maximum absolute atomic E-state index is 11.2. The second-order valence-corrected chi connectivity index (χ2v) is 3.70. The Morgan fingerprint density at radius 2 is 1.93 bits per heavy atom. The van der Waals surface area contributed by atoms with Gasteiger partial charge in [-0.2, -0.15) is 0 Å². The minimum Gasteiger partial charge on any atom is -0.395 e. The van der Waals surface area contributed by atoms with Gasteiger partial charge < -0.3 is 9.94 Å². The number of hydrogen-bond acceptors (Lipinski definition) is 4. The van der Waals surface area contributed by atoms with Crippen molar-refractivity contribution in [1.29, 1.82) is 0 Å². The summed E-state index contributed by atoms with van der Waals surface area (Å²) in [6.07, 6.45) is 6.09. The van der Waals surface area contributed by atoms with E-state index in [0.29, 0.717) is 13.0 Å². The summed E-state index contributed by atoms with van der Waals surface area (Å²) in [4.78, 5) is 16.1. The number of nitrogens with zero attached hydrogens (tertiary/aromatic N) is 1. The number of carbonyl (C=O) groups is 1. The number of hydroxylamine groups is 2. The lowest BCUT2D eigenvalue weighted by Crippen LogP contribution is -2.25. The van der Waals surface area contributed by atoms with E-state index in [0.717, 1.165) is 12.8 Å². The number of likely N-dealkylation sites (N-methyl/N-ethyl adjacent to an activating group) is 1. The van der Waals surface area contributed by atoms with Crippen molar-refractivity contribution >= 4 is 5.97 Å². The van der Waals surface area contributed by atoms with Crippen LogP contribution >= 0.6 is 0 Å². The summed E-state index contributed by atoms with van der Waals surface area (Å²) in [5, 5.41) is 9.96. The number of aliphatic hydroxyl groups excluding tert-OH is 1. The SMILES string of the molecule is CCCCCCCC(=O)ON(C)CCO. The van der Waals surface area contributed by atoms with Crippen molar-refractivity contribution in [3.8, 4) is 0 Å². The highest BCUT2D eigenvalue weighted by Gasteiger charge is 2.06. The van der Waals surface area contributed by atoms with Crippen LogP contribution < -0.4 is 0 Å². The monoisotopic (exact) mass is 217 g/mol. The normalized spacial score (nSPS) is 10.7. The Bertz CT molecular complexity index is 162. The standard InChI is InChI=1S/C11H23NO3/c1-3-4-5-6-7-8-11(14)15-12(2)9-10-13/h13H,3-10H2,1-2H3. The molecule has 0 amide bonds. The number of rotatable bonds is 9. The molecule has 90 valence electrons. The average Bonchev–Trinajstić information content (AvgIpc) is 2.17. The van der Waals surface area contributed by atoms with Crippen LogP contribution in [0.25, 0.3) is 0 Å². The second-order valence-electron chi connectivity index (χ2n) is 3.70. The van der Waals surface area contributed by atoms with Crippen molar-refractivity contribution in [2.75, 3.05) is 20.2 Å². The molecule has 0 aliphatic rings. The molecule has 0 fully saturated rings. The number of unbranched alkanes of at least 4 members (excludes halogenated alkanes) is 4. The molecule has 0 aliphatic carbocycles. The Labute approximate surface area is 92.2 Å². The largest absolute Gasteiger partial charge is 0.395 e. The fraction of sp³-hybridized carbons (Fsp3) is 0.909. The van der Waals surface area contributed by atoms with E-state index in [1.807, 2.05) is 0 Å². The van der Waals surface area contributed by atoms with Gasteiger partial charge in [0.15, 0.2) is 0 Å². The third-order valence-electron chi connectivity index (χ3n) is 2.16. The molecule has 0 radical (unpaired) electrons. The first-order chi connectivity index (χ1) is 7.20. The molecule has 0 aliphatic heterocycles. The van der Waals surface area contributed by atoms with Crippen molar-refractivity contribution in [2.24, 2.45) is 0 Å². The predicted molar refractivity (Wildman–Crippen MR) is 59.2 cm³/mol. The summed E-state index contributed by atoms with van der Waals surface area (Å²) in [7, 11) is 1.64. The molecule has 4 nitrogen and oxygen atoms in total. The lowest BCUT2D eigenvalue weighted by atomic mass is 10.1. The van der Waals surface area contributed by atoms with Gasteiger partial charge in [0.05, 0.1) is 13.2 Å². The Morgan fingerprint density at radius 3 is 2.53 bits per heavy atom. The van der Waals surface area contributed by atoms with E-state index in [9.17, 15) is 4.79 Å². The number of aliphatic hydroxyl groups is 1. The zero-order valence-corrected chi connectivity index (χ0v) is 9.87. The Kier molecular flexibility index (Phi) is 9.52. The zero-order chi connectivity index (χ0) is 11.5. The summed E-state index contributed by atoms with van der Waals surface area (Å²) < 4.78 is 0. The molecule has 0 saturated carbocycles. The lowest BCUT2D eigenvalue weighted by Gasteiger charge is -2.14. The van der Waals surface area contributed by atoms with Crippen LogP contribution in [0.5, 0.6) is 0 Å². The molecular weight excluding hydrogens is 194 g/mol. The molecule has 0 rings (SSSR count). The van der Waals surface area contributed by atoms with Crippen LogP contribution in [0.15, 0.2) is 0 Å². The number of hydrogen-bond donors (Lipinski definition) is 1. The molecule has 0 bridgehead atoms. The molecule has 15 heavy (non-hydrogen) atoms. The summed E-state index contributed by atoms with van der Waals surface area (Å²) in [6, 6.07) is 0. The Hall–Kier alpha value is -0.610. The van der Waals surface area contributed by atoms with Crippen molar-refractivity contribution in [1.82, 2.24) is 5.06 Å². The molecule has 0 saturated heterocycles. The van der Waals surface area contributed by atoms with Gasteiger partial charge in [0.25, 0.3) is 0 Å². The van der Waals surface area contributed by atoms with Crippen LogP contribution in [0, 0.1) is 0 Å². The molecule has 1 N–H and O–H groups in total. The van der Waals surface area contributed by atoms with Crippen molar-refractivity contribution in [3.05, 3.63) is 0 Å². The fourth-order valence-corrected chi connectivity index (χ4v) is 1.28. The third kappa shape index (κ3) is 9.69. The highest BCUT2D eigenvalue weighted by molar-refractivity contribution is 5.68. The van der Waals surface area contributed by atoms with Crippen LogP contribution in [0.2, 0.25) is 0 Å². The summed E-state index contributed by atoms with van der Waals surface area (Å²) >= 11 is 0. The van der Waals surface area contributed by atoms with Crippen LogP contribution in [0.1, 0.15) is 45.4 Å². The smallest absolute Gasteiger partial charge is 0.325 e. The quantitative estimate of drug-likeness (QED) is 0.472. The van der Waals surface area contributed by atoms with Gasteiger partial charge in [0, 0.05) is 13.5 Å². The average molecular weight is 217 g/mol. The molecule has 4 heteroatoms. The van der Waals surface area contributed by atoms with Crippen LogP contribution in [-0.4, -0.2) is 36.3 Å². The van der Waals surface area contributed by atoms with Gasteiger partial charge in [0.2, 0.25) is 0 Å². The van der Waals surface area contributed by atoms with Gasteiger partial charge in [-0.15, -0.1) is 5.06 Å². The molecule has 0 atom stereocenters. The zero-order valence-electron chi connectivity index (χ0n) is 9.87. The van der Waals surface area contributed by atoms with Crippen LogP contribution in [-0.2, 0) is 9.63 Å². The highest BCUT2D eigenvalue weighted by Crippen LogP contribution is 2.05. The predicted octanol–water partition coefficient (Wildman–Crippen LogP) is 1.73. The van der Waals surface area contributed by atoms with E-state index in [-0.39, 0.29) is 12.6 Å². The Morgan fingerprint density at radius 1 is 1.27 bits per heavy atom. The molecule has 0 aromatic heterocycles. The lowest BCUT2D eigenvalue weighted by molar-refractivity contribution is -0.185. The molecule has 0 heterocycles. The maximum Gasteiger partial charge on any atom is 0.325 e. The van der Waals surface area contributed by atoms with E-state index in [2.05, 4.69) is 6.92 Å². The molecule has 0 unspecified atom stereocenters. The van der Waals surface area contributed by atoms with Crippen LogP contribution in [0.3, 0.4) is 0 Å².